The van der Waals surface area contributed by atoms with Crippen LogP contribution in [0.4, 0.5) is 0 Å². The van der Waals surface area contributed by atoms with Gasteiger partial charge in [0, 0.05) is 18.1 Å². The van der Waals surface area contributed by atoms with E-state index >= 15 is 0 Å². The van der Waals surface area contributed by atoms with Gasteiger partial charge in [0.2, 0.25) is 10.0 Å². The highest BCUT2D eigenvalue weighted by Crippen LogP contribution is 2.37. The molecular formula is C14H20Cl2N2O2S. The first-order chi connectivity index (χ1) is 9.77. The third-order valence-corrected chi connectivity index (χ3v) is 6.33. The van der Waals surface area contributed by atoms with Crippen molar-refractivity contribution < 1.29 is 8.42 Å². The van der Waals surface area contributed by atoms with Crippen LogP contribution >= 0.6 is 23.2 Å². The molecule has 1 saturated carbocycles. The van der Waals surface area contributed by atoms with E-state index in [1.807, 2.05) is 0 Å². The molecular weight excluding hydrogens is 331 g/mol. The molecule has 2 rings (SSSR count). The van der Waals surface area contributed by atoms with Gasteiger partial charge in [0.25, 0.3) is 0 Å². The summed E-state index contributed by atoms with van der Waals surface area (Å²) in [5.74, 6) is 0. The molecule has 1 aliphatic rings. The first-order valence-corrected chi connectivity index (χ1v) is 9.19. The van der Waals surface area contributed by atoms with Gasteiger partial charge in [0.15, 0.2) is 0 Å². The normalized spacial score (nSPS) is 18.1. The van der Waals surface area contributed by atoms with Crippen molar-refractivity contribution in [1.82, 2.24) is 4.72 Å². The van der Waals surface area contributed by atoms with Gasteiger partial charge in [0.05, 0.1) is 5.02 Å². The van der Waals surface area contributed by atoms with Crippen LogP contribution in [0.25, 0.3) is 0 Å². The predicted molar refractivity (Wildman–Crippen MR) is 86.1 cm³/mol. The minimum Gasteiger partial charge on any atom is -0.326 e. The third-order valence-electron chi connectivity index (χ3n) is 4.11. The van der Waals surface area contributed by atoms with Gasteiger partial charge in [-0.15, -0.1) is 0 Å². The average Bonchev–Trinajstić information content (AvgIpc) is 2.84. The predicted octanol–water partition coefficient (Wildman–Crippen LogP) is 3.31. The van der Waals surface area contributed by atoms with Gasteiger partial charge in [0.1, 0.15) is 4.90 Å². The summed E-state index contributed by atoms with van der Waals surface area (Å²) in [6.07, 6.45) is 4.38. The fourth-order valence-electron chi connectivity index (χ4n) is 2.69. The Bertz CT molecular complexity index is 626. The van der Waals surface area contributed by atoms with Crippen molar-refractivity contribution in [2.24, 2.45) is 11.1 Å². The van der Waals surface area contributed by atoms with E-state index in [2.05, 4.69) is 11.6 Å². The monoisotopic (exact) mass is 350 g/mol. The molecule has 0 aromatic heterocycles. The van der Waals surface area contributed by atoms with Gasteiger partial charge in [-0.05, 0) is 36.0 Å². The van der Waals surface area contributed by atoms with Gasteiger partial charge >= 0.3 is 0 Å². The summed E-state index contributed by atoms with van der Waals surface area (Å²) in [4.78, 5) is 0.0376. The van der Waals surface area contributed by atoms with E-state index in [0.29, 0.717) is 17.1 Å². The van der Waals surface area contributed by atoms with Crippen LogP contribution in [0.1, 0.15) is 38.2 Å². The van der Waals surface area contributed by atoms with E-state index in [1.165, 1.54) is 12.1 Å². The van der Waals surface area contributed by atoms with Crippen molar-refractivity contribution in [3.63, 3.8) is 0 Å². The van der Waals surface area contributed by atoms with E-state index in [-0.39, 0.29) is 21.9 Å². The molecule has 118 valence electrons. The van der Waals surface area contributed by atoms with Gasteiger partial charge in [-0.1, -0.05) is 43.0 Å². The minimum atomic E-state index is -3.66. The molecule has 0 amide bonds. The third kappa shape index (κ3) is 3.90. The molecule has 7 heteroatoms. The Morgan fingerprint density at radius 1 is 1.24 bits per heavy atom. The Balaban J connectivity index is 2.23. The molecule has 0 radical (unpaired) electrons. The molecule has 0 saturated heterocycles. The SMILES string of the molecule is CC1(CNS(=O)(=O)c2cc(CN)c(Cl)cc2Cl)CCCC1. The quantitative estimate of drug-likeness (QED) is 0.855. The highest BCUT2D eigenvalue weighted by Gasteiger charge is 2.31. The molecule has 21 heavy (non-hydrogen) atoms. The van der Waals surface area contributed by atoms with Crippen LogP contribution in [-0.4, -0.2) is 15.0 Å². The molecule has 3 N–H and O–H groups in total. The summed E-state index contributed by atoms with van der Waals surface area (Å²) in [6.45, 7) is 2.69. The van der Waals surface area contributed by atoms with Gasteiger partial charge < -0.3 is 5.73 Å². The van der Waals surface area contributed by atoms with Crippen LogP contribution in [0.2, 0.25) is 10.0 Å². The first kappa shape index (κ1) is 17.0. The number of hydrogen-bond donors (Lipinski definition) is 2. The fourth-order valence-corrected chi connectivity index (χ4v) is 4.76. The summed E-state index contributed by atoms with van der Waals surface area (Å²) in [5.41, 5.74) is 6.16. The fraction of sp³-hybridized carbons (Fsp3) is 0.571. The maximum Gasteiger partial charge on any atom is 0.242 e. The van der Waals surface area contributed by atoms with Crippen molar-refractivity contribution in [3.8, 4) is 0 Å². The number of nitrogens with two attached hydrogens (primary N) is 1. The molecule has 1 fully saturated rings. The Labute approximate surface area is 136 Å². The lowest BCUT2D eigenvalue weighted by atomic mass is 9.89. The maximum atomic E-state index is 12.5. The number of sulfonamides is 1. The van der Waals surface area contributed by atoms with Crippen LogP contribution in [0.5, 0.6) is 0 Å². The molecule has 0 spiro atoms. The number of rotatable bonds is 5. The van der Waals surface area contributed by atoms with Crippen LogP contribution in [0.3, 0.4) is 0 Å². The van der Waals surface area contributed by atoms with E-state index < -0.39 is 10.0 Å². The van der Waals surface area contributed by atoms with E-state index in [1.54, 1.807) is 0 Å². The Morgan fingerprint density at radius 2 is 1.86 bits per heavy atom. The zero-order valence-electron chi connectivity index (χ0n) is 12.0. The lowest BCUT2D eigenvalue weighted by Crippen LogP contribution is -2.34. The second-order valence-electron chi connectivity index (χ2n) is 5.92. The molecule has 0 unspecified atom stereocenters. The summed E-state index contributed by atoms with van der Waals surface area (Å²) >= 11 is 12.0. The molecule has 4 nitrogen and oxygen atoms in total. The van der Waals surface area contributed by atoms with Gasteiger partial charge in [-0.25, -0.2) is 13.1 Å². The summed E-state index contributed by atoms with van der Waals surface area (Å²) in [6, 6.07) is 2.88. The molecule has 1 aromatic rings. The maximum absolute atomic E-state index is 12.5. The van der Waals surface area contributed by atoms with Crippen molar-refractivity contribution in [2.75, 3.05) is 6.54 Å². The molecule has 0 aliphatic heterocycles. The molecule has 1 aromatic carbocycles. The van der Waals surface area contributed by atoms with Crippen molar-refractivity contribution in [1.29, 1.82) is 0 Å². The topological polar surface area (TPSA) is 72.2 Å². The number of benzene rings is 1. The Morgan fingerprint density at radius 3 is 2.43 bits per heavy atom. The summed E-state index contributed by atoms with van der Waals surface area (Å²) in [5, 5.41) is 0.491. The standard InChI is InChI=1S/C14H20Cl2N2O2S/c1-14(4-2-3-5-14)9-18-21(19,20)13-6-10(8-17)11(15)7-12(13)16/h6-7,18H,2-5,8-9,17H2,1H3. The number of halogens is 2. The minimum absolute atomic E-state index is 0.0304. The Kier molecular flexibility index (Phi) is 5.21. The Hall–Kier alpha value is -0.330. The first-order valence-electron chi connectivity index (χ1n) is 6.95. The highest BCUT2D eigenvalue weighted by atomic mass is 35.5. The smallest absolute Gasteiger partial charge is 0.242 e. The van der Waals surface area contributed by atoms with Crippen LogP contribution < -0.4 is 10.5 Å². The molecule has 0 atom stereocenters. The number of hydrogen-bond acceptors (Lipinski definition) is 3. The van der Waals surface area contributed by atoms with Gasteiger partial charge in [-0.2, -0.15) is 0 Å². The average molecular weight is 351 g/mol. The molecule has 1 aliphatic carbocycles. The van der Waals surface area contributed by atoms with Crippen LogP contribution in [-0.2, 0) is 16.6 Å². The van der Waals surface area contributed by atoms with Crippen LogP contribution in [0, 0.1) is 5.41 Å². The zero-order chi connectivity index (χ0) is 15.7. The number of nitrogens with one attached hydrogen (secondary N) is 1. The highest BCUT2D eigenvalue weighted by molar-refractivity contribution is 7.89. The zero-order valence-corrected chi connectivity index (χ0v) is 14.3. The van der Waals surface area contributed by atoms with E-state index in [9.17, 15) is 8.42 Å². The van der Waals surface area contributed by atoms with Crippen molar-refractivity contribution in [2.45, 2.75) is 44.0 Å². The second-order valence-corrected chi connectivity index (χ2v) is 8.47. The summed E-state index contributed by atoms with van der Waals surface area (Å²) < 4.78 is 27.6. The van der Waals surface area contributed by atoms with E-state index in [0.717, 1.165) is 25.7 Å². The van der Waals surface area contributed by atoms with Crippen molar-refractivity contribution >= 4 is 33.2 Å². The lowest BCUT2D eigenvalue weighted by molar-refractivity contribution is 0.336. The summed E-state index contributed by atoms with van der Waals surface area (Å²) in [7, 11) is -3.66. The molecule has 0 bridgehead atoms. The van der Waals surface area contributed by atoms with Crippen LogP contribution in [0.15, 0.2) is 17.0 Å². The van der Waals surface area contributed by atoms with Crippen molar-refractivity contribution in [3.05, 3.63) is 27.7 Å². The lowest BCUT2D eigenvalue weighted by Gasteiger charge is -2.23. The van der Waals surface area contributed by atoms with E-state index in [4.69, 9.17) is 28.9 Å². The molecule has 0 heterocycles. The second kappa shape index (κ2) is 6.42. The largest absolute Gasteiger partial charge is 0.326 e. The van der Waals surface area contributed by atoms with Gasteiger partial charge in [-0.3, -0.25) is 0 Å².